The van der Waals surface area contributed by atoms with Gasteiger partial charge in [-0.1, -0.05) is 17.3 Å². The van der Waals surface area contributed by atoms with Gasteiger partial charge in [0.05, 0.1) is 0 Å². The van der Waals surface area contributed by atoms with Crippen LogP contribution in [0.4, 0.5) is 4.39 Å². The summed E-state index contributed by atoms with van der Waals surface area (Å²) in [5.74, 6) is 0.423. The van der Waals surface area contributed by atoms with E-state index in [4.69, 9.17) is 9.26 Å². The largest absolute Gasteiger partial charge is 0.369 e. The van der Waals surface area contributed by atoms with Crippen molar-refractivity contribution in [2.75, 3.05) is 7.11 Å². The van der Waals surface area contributed by atoms with Crippen molar-refractivity contribution in [3.05, 3.63) is 53.7 Å². The van der Waals surface area contributed by atoms with Gasteiger partial charge in [0.2, 0.25) is 5.82 Å². The summed E-state index contributed by atoms with van der Waals surface area (Å²) < 4.78 is 25.3. The fraction of sp³-hybridized carbons (Fsp3) is 0.214. The maximum Gasteiger partial charge on any atom is 0.276 e. The number of hydrogen-bond acceptors (Lipinski definition) is 5. The number of hydrogen-bond donors (Lipinski definition) is 0. The molecule has 1 aromatic carbocycles. The van der Waals surface area contributed by atoms with Crippen LogP contribution in [0.2, 0.25) is 0 Å². The van der Waals surface area contributed by atoms with Gasteiger partial charge in [-0.15, -0.1) is 0 Å². The van der Waals surface area contributed by atoms with Crippen molar-refractivity contribution in [1.82, 2.24) is 19.9 Å². The van der Waals surface area contributed by atoms with Crippen LogP contribution in [0.5, 0.6) is 0 Å². The van der Waals surface area contributed by atoms with Crippen molar-refractivity contribution in [3.63, 3.8) is 0 Å². The van der Waals surface area contributed by atoms with E-state index >= 15 is 0 Å². The topological polar surface area (TPSA) is 66.0 Å². The van der Waals surface area contributed by atoms with E-state index in [1.807, 2.05) is 0 Å². The first-order valence-corrected chi connectivity index (χ1v) is 6.29. The summed E-state index contributed by atoms with van der Waals surface area (Å²) in [6.45, 7) is 0. The lowest BCUT2D eigenvalue weighted by Gasteiger charge is -2.11. The molecule has 3 aromatic rings. The Morgan fingerprint density at radius 2 is 2.00 bits per heavy atom. The molecule has 0 aliphatic heterocycles. The van der Waals surface area contributed by atoms with Crippen LogP contribution in [-0.4, -0.2) is 27.0 Å². The number of benzene rings is 1. The third-order valence-corrected chi connectivity index (χ3v) is 3.12. The molecule has 0 radical (unpaired) electrons. The van der Waals surface area contributed by atoms with Gasteiger partial charge in [0, 0.05) is 20.4 Å². The van der Waals surface area contributed by atoms with Crippen LogP contribution in [0.1, 0.15) is 17.5 Å². The van der Waals surface area contributed by atoms with Gasteiger partial charge in [-0.2, -0.15) is 10.1 Å². The third kappa shape index (κ3) is 2.55. The Bertz CT molecular complexity index is 736. The molecule has 21 heavy (non-hydrogen) atoms. The zero-order valence-electron chi connectivity index (χ0n) is 11.5. The second kappa shape index (κ2) is 5.45. The number of halogens is 1. The minimum atomic E-state index is -0.517. The van der Waals surface area contributed by atoms with Crippen LogP contribution >= 0.6 is 0 Å². The van der Waals surface area contributed by atoms with Gasteiger partial charge in [-0.05, 0) is 23.8 Å². The third-order valence-electron chi connectivity index (χ3n) is 3.12. The first kappa shape index (κ1) is 13.4. The highest BCUT2D eigenvalue weighted by Gasteiger charge is 2.21. The molecule has 0 aliphatic rings. The van der Waals surface area contributed by atoms with Gasteiger partial charge in [0.25, 0.3) is 5.89 Å². The Hall–Kier alpha value is -2.54. The average Bonchev–Trinajstić information content (AvgIpc) is 3.11. The van der Waals surface area contributed by atoms with Gasteiger partial charge < -0.3 is 9.26 Å². The molecule has 0 bridgehead atoms. The Morgan fingerprint density at radius 3 is 2.62 bits per heavy atom. The summed E-state index contributed by atoms with van der Waals surface area (Å²) in [5, 5.41) is 7.99. The molecule has 2 heterocycles. The minimum Gasteiger partial charge on any atom is -0.369 e. The molecule has 108 valence electrons. The quantitative estimate of drug-likeness (QED) is 0.737. The molecule has 7 heteroatoms. The molecule has 2 aromatic heterocycles. The number of aryl methyl sites for hydroxylation is 1. The van der Waals surface area contributed by atoms with Crippen LogP contribution < -0.4 is 0 Å². The Kier molecular flexibility index (Phi) is 3.49. The maximum absolute atomic E-state index is 13.0. The summed E-state index contributed by atoms with van der Waals surface area (Å²) >= 11 is 0. The Morgan fingerprint density at radius 1 is 1.24 bits per heavy atom. The highest BCUT2D eigenvalue weighted by molar-refractivity contribution is 5.46. The van der Waals surface area contributed by atoms with Crippen molar-refractivity contribution in [1.29, 1.82) is 0 Å². The number of ether oxygens (including phenoxy) is 1. The van der Waals surface area contributed by atoms with E-state index in [1.54, 1.807) is 36.1 Å². The van der Waals surface area contributed by atoms with E-state index in [0.717, 1.165) is 5.56 Å². The van der Waals surface area contributed by atoms with Gasteiger partial charge >= 0.3 is 0 Å². The molecule has 0 saturated carbocycles. The summed E-state index contributed by atoms with van der Waals surface area (Å²) in [7, 11) is 3.32. The monoisotopic (exact) mass is 288 g/mol. The lowest BCUT2D eigenvalue weighted by atomic mass is 10.1. The predicted octanol–water partition coefficient (Wildman–Crippen LogP) is 2.34. The van der Waals surface area contributed by atoms with E-state index < -0.39 is 6.10 Å². The summed E-state index contributed by atoms with van der Waals surface area (Å²) in [6, 6.07) is 7.76. The molecule has 0 N–H and O–H groups in total. The second-order valence-electron chi connectivity index (χ2n) is 4.47. The summed E-state index contributed by atoms with van der Waals surface area (Å²) in [4.78, 5) is 4.33. The van der Waals surface area contributed by atoms with Crippen molar-refractivity contribution >= 4 is 0 Å². The summed E-state index contributed by atoms with van der Waals surface area (Å²) in [6.07, 6.45) is 1.13. The molecule has 6 nitrogen and oxygen atoms in total. The Balaban J connectivity index is 1.94. The average molecular weight is 288 g/mol. The molecular formula is C14H13FN4O2. The van der Waals surface area contributed by atoms with E-state index in [0.29, 0.717) is 17.4 Å². The van der Waals surface area contributed by atoms with Crippen molar-refractivity contribution in [2.24, 2.45) is 7.05 Å². The summed E-state index contributed by atoms with van der Waals surface area (Å²) in [5.41, 5.74) is 1.46. The number of rotatable bonds is 4. The van der Waals surface area contributed by atoms with Crippen LogP contribution in [-0.2, 0) is 11.8 Å². The lowest BCUT2D eigenvalue weighted by Crippen LogP contribution is -2.05. The predicted molar refractivity (Wildman–Crippen MR) is 71.8 cm³/mol. The normalized spacial score (nSPS) is 12.5. The van der Waals surface area contributed by atoms with Crippen LogP contribution in [0, 0.1) is 5.82 Å². The fourth-order valence-electron chi connectivity index (χ4n) is 2.06. The molecule has 0 amide bonds. The molecule has 3 rings (SSSR count). The SMILES string of the molecule is CO[C@@H](c1ccc(F)cc1)c1noc(-c2ccnn2C)n1. The highest BCUT2D eigenvalue weighted by atomic mass is 19.1. The first-order valence-electron chi connectivity index (χ1n) is 6.29. The molecule has 0 fully saturated rings. The molecular weight excluding hydrogens is 275 g/mol. The van der Waals surface area contributed by atoms with Gasteiger partial charge in [-0.3, -0.25) is 4.68 Å². The van der Waals surface area contributed by atoms with Crippen molar-refractivity contribution in [2.45, 2.75) is 6.10 Å². The molecule has 0 saturated heterocycles. The van der Waals surface area contributed by atoms with E-state index in [-0.39, 0.29) is 5.82 Å². The first-order chi connectivity index (χ1) is 10.2. The Labute approximate surface area is 120 Å². The van der Waals surface area contributed by atoms with E-state index in [1.165, 1.54) is 19.2 Å². The number of aromatic nitrogens is 4. The van der Waals surface area contributed by atoms with Crippen LogP contribution in [0.3, 0.4) is 0 Å². The zero-order chi connectivity index (χ0) is 14.8. The van der Waals surface area contributed by atoms with Crippen molar-refractivity contribution in [3.8, 4) is 11.6 Å². The smallest absolute Gasteiger partial charge is 0.276 e. The van der Waals surface area contributed by atoms with Gasteiger partial charge in [-0.25, -0.2) is 4.39 Å². The van der Waals surface area contributed by atoms with Crippen LogP contribution in [0.15, 0.2) is 41.1 Å². The highest BCUT2D eigenvalue weighted by Crippen LogP contribution is 2.25. The molecule has 0 unspecified atom stereocenters. The van der Waals surface area contributed by atoms with Crippen molar-refractivity contribution < 1.29 is 13.7 Å². The molecule has 1 atom stereocenters. The van der Waals surface area contributed by atoms with Gasteiger partial charge in [0.15, 0.2) is 0 Å². The van der Waals surface area contributed by atoms with E-state index in [2.05, 4.69) is 15.2 Å². The standard InChI is InChI=1S/C14H13FN4O2/c1-19-11(7-8-16-19)14-17-13(18-21-14)12(20-2)9-3-5-10(15)6-4-9/h3-8,12H,1-2H3/t12-/m0/s1. The minimum absolute atomic E-state index is 0.308. The fourth-order valence-corrected chi connectivity index (χ4v) is 2.06. The van der Waals surface area contributed by atoms with Gasteiger partial charge in [0.1, 0.15) is 17.6 Å². The maximum atomic E-state index is 13.0. The van der Waals surface area contributed by atoms with Crippen LogP contribution in [0.25, 0.3) is 11.6 Å². The number of methoxy groups -OCH3 is 1. The lowest BCUT2D eigenvalue weighted by molar-refractivity contribution is 0.126. The molecule has 0 aliphatic carbocycles. The van der Waals surface area contributed by atoms with E-state index in [9.17, 15) is 4.39 Å². The second-order valence-corrected chi connectivity index (χ2v) is 4.47. The molecule has 0 spiro atoms. The zero-order valence-corrected chi connectivity index (χ0v) is 11.5. The number of nitrogens with zero attached hydrogens (tertiary/aromatic N) is 4.